The van der Waals surface area contributed by atoms with Crippen LogP contribution in [0.15, 0.2) is 22.7 Å². The van der Waals surface area contributed by atoms with E-state index in [2.05, 4.69) is 5.16 Å². The standard InChI is InChI=1S/C10H5Cl4NO/c11-4-7-9(15-16-10(7)14)6-2-1-5(12)3-8(6)13/h1-3H,4H2. The third-order valence-corrected chi connectivity index (χ3v) is 3.17. The third kappa shape index (κ3) is 2.16. The minimum absolute atomic E-state index is 0.177. The molecule has 0 atom stereocenters. The first-order chi connectivity index (χ1) is 7.63. The Hall–Kier alpha value is -0.410. The quantitative estimate of drug-likeness (QED) is 0.726. The molecule has 2 aromatic rings. The predicted octanol–water partition coefficient (Wildman–Crippen LogP) is 5.04. The first kappa shape index (κ1) is 12.1. The monoisotopic (exact) mass is 295 g/mol. The van der Waals surface area contributed by atoms with Gasteiger partial charge in [-0.2, -0.15) is 0 Å². The van der Waals surface area contributed by atoms with Crippen molar-refractivity contribution in [3.05, 3.63) is 39.0 Å². The molecule has 1 aromatic heterocycles. The largest absolute Gasteiger partial charge is 0.343 e. The topological polar surface area (TPSA) is 26.0 Å². The van der Waals surface area contributed by atoms with E-state index < -0.39 is 0 Å². The summed E-state index contributed by atoms with van der Waals surface area (Å²) in [6.07, 6.45) is 0. The summed E-state index contributed by atoms with van der Waals surface area (Å²) in [5.74, 6) is 0.205. The molecule has 16 heavy (non-hydrogen) atoms. The van der Waals surface area contributed by atoms with Crippen LogP contribution in [0.25, 0.3) is 11.3 Å². The molecule has 2 nitrogen and oxygen atoms in total. The average Bonchev–Trinajstić information content (AvgIpc) is 2.59. The van der Waals surface area contributed by atoms with Crippen molar-refractivity contribution in [1.82, 2.24) is 5.16 Å². The zero-order valence-electron chi connectivity index (χ0n) is 7.81. The van der Waals surface area contributed by atoms with E-state index in [1.165, 1.54) is 0 Å². The number of alkyl halides is 1. The van der Waals surface area contributed by atoms with Crippen LogP contribution in [0.4, 0.5) is 0 Å². The highest BCUT2D eigenvalue weighted by molar-refractivity contribution is 6.36. The number of hydrogen-bond acceptors (Lipinski definition) is 2. The van der Waals surface area contributed by atoms with E-state index in [-0.39, 0.29) is 11.1 Å². The molecule has 2 rings (SSSR count). The molecule has 6 heteroatoms. The molecule has 1 heterocycles. The highest BCUT2D eigenvalue weighted by Gasteiger charge is 2.17. The van der Waals surface area contributed by atoms with Gasteiger partial charge in [0.2, 0.25) is 5.22 Å². The van der Waals surface area contributed by atoms with Crippen molar-refractivity contribution in [1.29, 1.82) is 0 Å². The number of rotatable bonds is 2. The number of hydrogen-bond donors (Lipinski definition) is 0. The summed E-state index contributed by atoms with van der Waals surface area (Å²) in [6, 6.07) is 5.08. The smallest absolute Gasteiger partial charge is 0.231 e. The molecule has 0 aliphatic rings. The lowest BCUT2D eigenvalue weighted by molar-refractivity contribution is 0.423. The molecule has 0 saturated carbocycles. The maximum Gasteiger partial charge on any atom is 0.231 e. The average molecular weight is 297 g/mol. The first-order valence-electron chi connectivity index (χ1n) is 4.29. The lowest BCUT2D eigenvalue weighted by Gasteiger charge is -2.02. The van der Waals surface area contributed by atoms with Crippen LogP contribution in [0, 0.1) is 0 Å². The molecular weight excluding hydrogens is 292 g/mol. The molecule has 0 aliphatic heterocycles. The summed E-state index contributed by atoms with van der Waals surface area (Å²) in [6.45, 7) is 0. The maximum absolute atomic E-state index is 6.05. The lowest BCUT2D eigenvalue weighted by atomic mass is 10.1. The summed E-state index contributed by atoms with van der Waals surface area (Å²) in [4.78, 5) is 0. The van der Waals surface area contributed by atoms with Crippen molar-refractivity contribution < 1.29 is 4.52 Å². The minimum atomic E-state index is 0.177. The molecule has 0 bridgehead atoms. The van der Waals surface area contributed by atoms with Crippen molar-refractivity contribution in [2.24, 2.45) is 0 Å². The Kier molecular flexibility index (Phi) is 3.65. The second-order valence-corrected chi connectivity index (χ2v) is 4.50. The SMILES string of the molecule is ClCc1c(-c2ccc(Cl)cc2Cl)noc1Cl. The predicted molar refractivity (Wildman–Crippen MR) is 66.5 cm³/mol. The summed E-state index contributed by atoms with van der Waals surface area (Å²) in [5, 5.41) is 5.03. The Morgan fingerprint density at radius 2 is 1.94 bits per heavy atom. The van der Waals surface area contributed by atoms with Crippen LogP contribution in [0.5, 0.6) is 0 Å². The van der Waals surface area contributed by atoms with E-state index in [0.29, 0.717) is 26.9 Å². The zero-order chi connectivity index (χ0) is 11.7. The van der Waals surface area contributed by atoms with E-state index in [1.54, 1.807) is 18.2 Å². The van der Waals surface area contributed by atoms with E-state index in [1.807, 2.05) is 0 Å². The molecular formula is C10H5Cl4NO. The van der Waals surface area contributed by atoms with Gasteiger partial charge in [0.25, 0.3) is 0 Å². The highest BCUT2D eigenvalue weighted by atomic mass is 35.5. The Balaban J connectivity index is 2.58. The molecule has 0 aliphatic carbocycles. The van der Waals surface area contributed by atoms with Gasteiger partial charge in [0.1, 0.15) is 5.69 Å². The second kappa shape index (κ2) is 4.84. The van der Waals surface area contributed by atoms with Crippen molar-refractivity contribution in [2.45, 2.75) is 5.88 Å². The molecule has 0 N–H and O–H groups in total. The van der Waals surface area contributed by atoms with Gasteiger partial charge in [0, 0.05) is 10.6 Å². The Bertz CT molecular complexity index is 524. The molecule has 1 aromatic carbocycles. The molecule has 0 radical (unpaired) electrons. The van der Waals surface area contributed by atoms with Gasteiger partial charge in [-0.1, -0.05) is 28.4 Å². The summed E-state index contributed by atoms with van der Waals surface area (Å²) >= 11 is 23.4. The van der Waals surface area contributed by atoms with Crippen molar-refractivity contribution in [3.63, 3.8) is 0 Å². The molecule has 0 saturated heterocycles. The van der Waals surface area contributed by atoms with Crippen LogP contribution in [0.1, 0.15) is 5.56 Å². The van der Waals surface area contributed by atoms with E-state index in [4.69, 9.17) is 50.9 Å². The van der Waals surface area contributed by atoms with E-state index in [9.17, 15) is 0 Å². The van der Waals surface area contributed by atoms with Gasteiger partial charge in [-0.05, 0) is 29.8 Å². The fraction of sp³-hybridized carbons (Fsp3) is 0.100. The van der Waals surface area contributed by atoms with Gasteiger partial charge in [0.15, 0.2) is 0 Å². The van der Waals surface area contributed by atoms with Crippen molar-refractivity contribution >= 4 is 46.4 Å². The number of benzene rings is 1. The first-order valence-corrected chi connectivity index (χ1v) is 5.95. The third-order valence-electron chi connectivity index (χ3n) is 2.06. The molecule has 0 fully saturated rings. The van der Waals surface area contributed by atoms with Crippen LogP contribution < -0.4 is 0 Å². The number of nitrogens with zero attached hydrogens (tertiary/aromatic N) is 1. The normalized spacial score (nSPS) is 10.8. The summed E-state index contributed by atoms with van der Waals surface area (Å²) in [7, 11) is 0. The van der Waals surface area contributed by atoms with Crippen molar-refractivity contribution in [2.75, 3.05) is 0 Å². The van der Waals surface area contributed by atoms with Crippen molar-refractivity contribution in [3.8, 4) is 11.3 Å². The molecule has 84 valence electrons. The van der Waals surface area contributed by atoms with Gasteiger partial charge in [-0.3, -0.25) is 0 Å². The van der Waals surface area contributed by atoms with Crippen LogP contribution >= 0.6 is 46.4 Å². The van der Waals surface area contributed by atoms with Gasteiger partial charge in [0.05, 0.1) is 16.5 Å². The van der Waals surface area contributed by atoms with Crippen LogP contribution in [-0.2, 0) is 5.88 Å². The number of aromatic nitrogens is 1. The van der Waals surface area contributed by atoms with Crippen LogP contribution in [0.2, 0.25) is 15.3 Å². The van der Waals surface area contributed by atoms with Gasteiger partial charge < -0.3 is 4.52 Å². The Morgan fingerprint density at radius 3 is 2.56 bits per heavy atom. The fourth-order valence-corrected chi connectivity index (χ4v) is 2.30. The van der Waals surface area contributed by atoms with E-state index >= 15 is 0 Å². The molecule has 0 spiro atoms. The second-order valence-electron chi connectivity index (χ2n) is 3.04. The van der Waals surface area contributed by atoms with Gasteiger partial charge in [-0.15, -0.1) is 11.6 Å². The van der Waals surface area contributed by atoms with Crippen LogP contribution in [-0.4, -0.2) is 5.16 Å². The fourth-order valence-electron chi connectivity index (χ4n) is 1.30. The van der Waals surface area contributed by atoms with E-state index in [0.717, 1.165) is 0 Å². The van der Waals surface area contributed by atoms with Gasteiger partial charge in [-0.25, -0.2) is 0 Å². The Morgan fingerprint density at radius 1 is 1.19 bits per heavy atom. The molecule has 0 unspecified atom stereocenters. The Labute approximate surface area is 112 Å². The highest BCUT2D eigenvalue weighted by Crippen LogP contribution is 2.35. The molecule has 0 amide bonds. The lowest BCUT2D eigenvalue weighted by Crippen LogP contribution is -1.85. The van der Waals surface area contributed by atoms with Crippen LogP contribution in [0.3, 0.4) is 0 Å². The summed E-state index contributed by atoms with van der Waals surface area (Å²) in [5.41, 5.74) is 1.85. The maximum atomic E-state index is 6.05. The number of halogens is 4. The minimum Gasteiger partial charge on any atom is -0.343 e. The zero-order valence-corrected chi connectivity index (χ0v) is 10.8. The summed E-state index contributed by atoms with van der Waals surface area (Å²) < 4.78 is 4.87. The van der Waals surface area contributed by atoms with Gasteiger partial charge >= 0.3 is 0 Å².